The molecule has 0 unspecified atom stereocenters. The number of aliphatic carboxylic acids is 1. The van der Waals surface area contributed by atoms with Crippen molar-refractivity contribution in [3.63, 3.8) is 0 Å². The van der Waals surface area contributed by atoms with Gasteiger partial charge in [-0.15, -0.1) is 0 Å². The summed E-state index contributed by atoms with van der Waals surface area (Å²) in [6.45, 7) is 1.45. The van der Waals surface area contributed by atoms with Crippen LogP contribution in [0.25, 0.3) is 0 Å². The largest absolute Gasteiger partial charge is 0.480 e. The number of carbonyl (C=O) groups is 2. The molecular formula is C11H19NO4. The molecule has 0 radical (unpaired) electrons. The summed E-state index contributed by atoms with van der Waals surface area (Å²) in [6, 6.07) is -0.874. The smallest absolute Gasteiger partial charge is 0.325 e. The van der Waals surface area contributed by atoms with Crippen molar-refractivity contribution in [3.8, 4) is 0 Å². The summed E-state index contributed by atoms with van der Waals surface area (Å²) in [5.74, 6) is -1.33. The number of hydrogen-bond acceptors (Lipinski definition) is 3. The van der Waals surface area contributed by atoms with Crippen molar-refractivity contribution >= 4 is 11.9 Å². The molecule has 5 heteroatoms. The number of ether oxygens (including phenoxy) is 1. The van der Waals surface area contributed by atoms with Gasteiger partial charge in [0.2, 0.25) is 0 Å². The number of hydrogen-bond donors (Lipinski definition) is 2. The lowest BCUT2D eigenvalue weighted by Gasteiger charge is -2.34. The first-order chi connectivity index (χ1) is 7.52. The molecule has 0 aromatic rings. The molecule has 0 heterocycles. The van der Waals surface area contributed by atoms with Gasteiger partial charge >= 0.3 is 5.97 Å². The fourth-order valence-electron chi connectivity index (χ4n) is 2.04. The van der Waals surface area contributed by atoms with Crippen molar-refractivity contribution in [1.29, 1.82) is 0 Å². The van der Waals surface area contributed by atoms with E-state index in [9.17, 15) is 9.59 Å². The number of carboxylic acids is 1. The fraction of sp³-hybridized carbons (Fsp3) is 0.818. The van der Waals surface area contributed by atoms with E-state index in [4.69, 9.17) is 9.84 Å². The number of methoxy groups -OCH3 is 1. The Labute approximate surface area is 95.2 Å². The van der Waals surface area contributed by atoms with Gasteiger partial charge in [0.25, 0.3) is 5.91 Å². The van der Waals surface area contributed by atoms with Gasteiger partial charge in [-0.1, -0.05) is 19.3 Å². The van der Waals surface area contributed by atoms with E-state index in [1.165, 1.54) is 14.0 Å². The second-order valence-corrected chi connectivity index (χ2v) is 4.29. The van der Waals surface area contributed by atoms with Crippen molar-refractivity contribution < 1.29 is 19.4 Å². The molecule has 1 saturated carbocycles. The van der Waals surface area contributed by atoms with Crippen LogP contribution < -0.4 is 5.32 Å². The zero-order valence-electron chi connectivity index (χ0n) is 9.78. The molecule has 2 N–H and O–H groups in total. The van der Waals surface area contributed by atoms with Crippen LogP contribution in [0.1, 0.15) is 39.0 Å². The van der Waals surface area contributed by atoms with Crippen LogP contribution in [0.15, 0.2) is 0 Å². The quantitative estimate of drug-likeness (QED) is 0.751. The van der Waals surface area contributed by atoms with Crippen molar-refractivity contribution in [3.05, 3.63) is 0 Å². The van der Waals surface area contributed by atoms with E-state index in [0.29, 0.717) is 12.8 Å². The molecule has 1 aliphatic rings. The SMILES string of the molecule is COC1(C(=O)N[C@H](C)C(=O)O)CCCCC1. The molecule has 0 bridgehead atoms. The first kappa shape index (κ1) is 13.0. The van der Waals surface area contributed by atoms with Gasteiger partial charge < -0.3 is 15.2 Å². The lowest BCUT2D eigenvalue weighted by Crippen LogP contribution is -2.53. The predicted molar refractivity (Wildman–Crippen MR) is 58.1 cm³/mol. The van der Waals surface area contributed by atoms with Gasteiger partial charge in [0.05, 0.1) is 0 Å². The summed E-state index contributed by atoms with van der Waals surface area (Å²) in [5.41, 5.74) is -0.817. The molecule has 0 aromatic heterocycles. The lowest BCUT2D eigenvalue weighted by atomic mass is 9.83. The summed E-state index contributed by atoms with van der Waals surface area (Å²) in [5, 5.41) is 11.2. The Bertz CT molecular complexity index is 271. The highest BCUT2D eigenvalue weighted by atomic mass is 16.5. The highest BCUT2D eigenvalue weighted by Crippen LogP contribution is 2.31. The zero-order chi connectivity index (χ0) is 12.2. The Balaban J connectivity index is 2.65. The second kappa shape index (κ2) is 5.30. The minimum absolute atomic E-state index is 0.301. The van der Waals surface area contributed by atoms with Gasteiger partial charge in [-0.05, 0) is 19.8 Å². The number of amides is 1. The first-order valence-electron chi connectivity index (χ1n) is 5.61. The Morgan fingerprint density at radius 2 is 1.88 bits per heavy atom. The molecule has 1 fully saturated rings. The number of carboxylic acid groups (broad SMARTS) is 1. The van der Waals surface area contributed by atoms with Gasteiger partial charge in [0.15, 0.2) is 0 Å². The van der Waals surface area contributed by atoms with Crippen LogP contribution in [0.4, 0.5) is 0 Å². The van der Waals surface area contributed by atoms with Gasteiger partial charge in [-0.25, -0.2) is 0 Å². The summed E-state index contributed by atoms with van der Waals surface area (Å²) >= 11 is 0. The average molecular weight is 229 g/mol. The maximum atomic E-state index is 12.0. The van der Waals surface area contributed by atoms with E-state index in [2.05, 4.69) is 5.32 Å². The Morgan fingerprint density at radius 3 is 2.31 bits per heavy atom. The maximum absolute atomic E-state index is 12.0. The first-order valence-corrected chi connectivity index (χ1v) is 5.61. The Kier molecular flexibility index (Phi) is 4.29. The number of nitrogens with one attached hydrogen (secondary N) is 1. The van der Waals surface area contributed by atoms with Gasteiger partial charge in [-0.2, -0.15) is 0 Å². The van der Waals surface area contributed by atoms with Crippen LogP contribution in [0.2, 0.25) is 0 Å². The van der Waals surface area contributed by atoms with Crippen LogP contribution in [-0.4, -0.2) is 35.7 Å². The predicted octanol–water partition coefficient (Wildman–Crippen LogP) is 0.925. The van der Waals surface area contributed by atoms with E-state index in [1.807, 2.05) is 0 Å². The van der Waals surface area contributed by atoms with Crippen LogP contribution in [0.3, 0.4) is 0 Å². The molecule has 1 amide bonds. The van der Waals surface area contributed by atoms with E-state index >= 15 is 0 Å². The third-order valence-corrected chi connectivity index (χ3v) is 3.18. The minimum Gasteiger partial charge on any atom is -0.480 e. The molecule has 92 valence electrons. The summed E-state index contributed by atoms with van der Waals surface area (Å²) in [6.07, 6.45) is 4.33. The normalized spacial score (nSPS) is 21.1. The molecule has 0 saturated heterocycles. The third kappa shape index (κ3) is 2.72. The molecule has 1 rings (SSSR count). The van der Waals surface area contributed by atoms with Crippen LogP contribution in [-0.2, 0) is 14.3 Å². The van der Waals surface area contributed by atoms with Crippen molar-refractivity contribution in [1.82, 2.24) is 5.32 Å². The number of carbonyl (C=O) groups excluding carboxylic acids is 1. The zero-order valence-corrected chi connectivity index (χ0v) is 9.78. The molecule has 1 aliphatic carbocycles. The van der Waals surface area contributed by atoms with E-state index in [-0.39, 0.29) is 5.91 Å². The summed E-state index contributed by atoms with van der Waals surface area (Å²) in [7, 11) is 1.51. The molecule has 0 aliphatic heterocycles. The van der Waals surface area contributed by atoms with E-state index < -0.39 is 17.6 Å². The molecular weight excluding hydrogens is 210 g/mol. The molecule has 0 aromatic carbocycles. The molecule has 16 heavy (non-hydrogen) atoms. The van der Waals surface area contributed by atoms with Crippen LogP contribution in [0.5, 0.6) is 0 Å². The molecule has 5 nitrogen and oxygen atoms in total. The fourth-order valence-corrected chi connectivity index (χ4v) is 2.04. The van der Waals surface area contributed by atoms with Crippen LogP contribution in [0, 0.1) is 0 Å². The van der Waals surface area contributed by atoms with E-state index in [1.54, 1.807) is 0 Å². The van der Waals surface area contributed by atoms with Crippen molar-refractivity contribution in [2.75, 3.05) is 7.11 Å². The van der Waals surface area contributed by atoms with Gasteiger partial charge in [-0.3, -0.25) is 9.59 Å². The topological polar surface area (TPSA) is 75.6 Å². The van der Waals surface area contributed by atoms with Crippen molar-refractivity contribution in [2.24, 2.45) is 0 Å². The second-order valence-electron chi connectivity index (χ2n) is 4.29. The van der Waals surface area contributed by atoms with Crippen molar-refractivity contribution in [2.45, 2.75) is 50.7 Å². The standard InChI is InChI=1S/C11H19NO4/c1-8(9(13)14)12-10(15)11(16-2)6-4-3-5-7-11/h8H,3-7H2,1-2H3,(H,12,15)(H,13,14)/t8-/m1/s1. The lowest BCUT2D eigenvalue weighted by molar-refractivity contribution is -0.152. The highest BCUT2D eigenvalue weighted by Gasteiger charge is 2.40. The Hall–Kier alpha value is -1.10. The summed E-state index contributed by atoms with van der Waals surface area (Å²) < 4.78 is 5.32. The third-order valence-electron chi connectivity index (χ3n) is 3.18. The van der Waals surface area contributed by atoms with Gasteiger partial charge in [0.1, 0.15) is 11.6 Å². The maximum Gasteiger partial charge on any atom is 0.325 e. The summed E-state index contributed by atoms with van der Waals surface area (Å²) in [4.78, 5) is 22.6. The van der Waals surface area contributed by atoms with E-state index in [0.717, 1.165) is 19.3 Å². The minimum atomic E-state index is -1.03. The van der Waals surface area contributed by atoms with Crippen LogP contribution >= 0.6 is 0 Å². The average Bonchev–Trinajstić information content (AvgIpc) is 2.29. The monoisotopic (exact) mass is 229 g/mol. The van der Waals surface area contributed by atoms with Gasteiger partial charge in [0, 0.05) is 7.11 Å². The molecule has 1 atom stereocenters. The Morgan fingerprint density at radius 1 is 1.31 bits per heavy atom. The number of rotatable bonds is 4. The molecule has 0 spiro atoms. The highest BCUT2D eigenvalue weighted by molar-refractivity contribution is 5.89.